The Morgan fingerprint density at radius 1 is 0.963 bits per heavy atom. The molecule has 0 aliphatic heterocycles. The molecule has 2 rings (SSSR count). The van der Waals surface area contributed by atoms with E-state index in [9.17, 15) is 9.59 Å². The first-order valence-corrected chi connectivity index (χ1v) is 8.82. The molecule has 0 radical (unpaired) electrons. The third kappa shape index (κ3) is 5.48. The van der Waals surface area contributed by atoms with Crippen molar-refractivity contribution in [1.29, 1.82) is 0 Å². The molecule has 0 fully saturated rings. The molecule has 0 saturated heterocycles. The van der Waals surface area contributed by atoms with Crippen LogP contribution in [0.1, 0.15) is 35.3 Å². The third-order valence-corrected chi connectivity index (χ3v) is 4.23. The largest absolute Gasteiger partial charge is 0.493 e. The fourth-order valence-electron chi connectivity index (χ4n) is 2.70. The van der Waals surface area contributed by atoms with Gasteiger partial charge < -0.3 is 19.7 Å². The molecule has 0 unspecified atom stereocenters. The van der Waals surface area contributed by atoms with E-state index in [-0.39, 0.29) is 11.8 Å². The average Bonchev–Trinajstić information content (AvgIpc) is 2.70. The van der Waals surface area contributed by atoms with E-state index in [2.05, 4.69) is 5.32 Å². The van der Waals surface area contributed by atoms with E-state index in [0.717, 1.165) is 11.1 Å². The van der Waals surface area contributed by atoms with Gasteiger partial charge in [-0.1, -0.05) is 18.2 Å². The summed E-state index contributed by atoms with van der Waals surface area (Å²) in [5.74, 6) is 1.17. The van der Waals surface area contributed by atoms with Crippen LogP contribution in [-0.4, -0.2) is 37.5 Å². The van der Waals surface area contributed by atoms with E-state index in [1.165, 1.54) is 6.92 Å². The molecule has 0 bridgehead atoms. The number of hydrogen-bond donors (Lipinski definition) is 1. The van der Waals surface area contributed by atoms with Crippen LogP contribution < -0.4 is 14.8 Å². The topological polar surface area (TPSA) is 67.9 Å². The van der Waals surface area contributed by atoms with Gasteiger partial charge in [0.25, 0.3) is 5.91 Å². The highest BCUT2D eigenvalue weighted by molar-refractivity contribution is 5.94. The number of amides is 2. The highest BCUT2D eigenvalue weighted by Gasteiger charge is 2.15. The van der Waals surface area contributed by atoms with E-state index >= 15 is 0 Å². The van der Waals surface area contributed by atoms with Gasteiger partial charge in [0.1, 0.15) is 0 Å². The second-order valence-corrected chi connectivity index (χ2v) is 6.12. The Kier molecular flexibility index (Phi) is 7.23. The van der Waals surface area contributed by atoms with Crippen molar-refractivity contribution >= 4 is 11.8 Å². The van der Waals surface area contributed by atoms with E-state index in [1.807, 2.05) is 37.3 Å². The Labute approximate surface area is 160 Å². The molecule has 2 aromatic carbocycles. The van der Waals surface area contributed by atoms with E-state index < -0.39 is 0 Å². The van der Waals surface area contributed by atoms with E-state index in [4.69, 9.17) is 9.47 Å². The van der Waals surface area contributed by atoms with Crippen molar-refractivity contribution in [3.05, 3.63) is 59.2 Å². The smallest absolute Gasteiger partial charge is 0.254 e. The van der Waals surface area contributed by atoms with E-state index in [1.54, 1.807) is 31.3 Å². The number of nitrogens with zero attached hydrogens (tertiary/aromatic N) is 1. The zero-order valence-corrected chi connectivity index (χ0v) is 16.2. The van der Waals surface area contributed by atoms with Crippen molar-refractivity contribution in [2.24, 2.45) is 0 Å². The van der Waals surface area contributed by atoms with Crippen molar-refractivity contribution in [2.75, 3.05) is 20.8 Å². The molecule has 6 heteroatoms. The first-order chi connectivity index (χ1) is 13.0. The second-order valence-electron chi connectivity index (χ2n) is 6.12. The molecule has 0 aliphatic carbocycles. The van der Waals surface area contributed by atoms with Crippen molar-refractivity contribution in [3.63, 3.8) is 0 Å². The summed E-state index contributed by atoms with van der Waals surface area (Å²) in [7, 11) is 3.18. The summed E-state index contributed by atoms with van der Waals surface area (Å²) in [4.78, 5) is 25.6. The van der Waals surface area contributed by atoms with Crippen LogP contribution in [0.15, 0.2) is 42.5 Å². The van der Waals surface area contributed by atoms with Gasteiger partial charge in [0.2, 0.25) is 5.91 Å². The van der Waals surface area contributed by atoms with Gasteiger partial charge in [-0.3, -0.25) is 9.59 Å². The normalized spacial score (nSPS) is 10.2. The molecule has 2 amide bonds. The predicted molar refractivity (Wildman–Crippen MR) is 104 cm³/mol. The summed E-state index contributed by atoms with van der Waals surface area (Å²) in [6.07, 6.45) is 0. The summed E-state index contributed by atoms with van der Waals surface area (Å²) >= 11 is 0. The number of methoxy groups -OCH3 is 2. The van der Waals surface area contributed by atoms with Gasteiger partial charge in [0.15, 0.2) is 11.5 Å². The summed E-state index contributed by atoms with van der Waals surface area (Å²) < 4.78 is 10.6. The molecule has 0 spiro atoms. The Bertz CT molecular complexity index is 787. The van der Waals surface area contributed by atoms with Gasteiger partial charge in [-0.05, 0) is 42.3 Å². The molecule has 0 heterocycles. The van der Waals surface area contributed by atoms with Crippen LogP contribution in [-0.2, 0) is 17.9 Å². The number of rotatable bonds is 8. The number of benzene rings is 2. The number of carbonyl (C=O) groups is 2. The summed E-state index contributed by atoms with van der Waals surface area (Å²) in [5.41, 5.74) is 2.53. The molecule has 0 saturated carbocycles. The lowest BCUT2D eigenvalue weighted by Crippen LogP contribution is -2.30. The van der Waals surface area contributed by atoms with Gasteiger partial charge in [-0.15, -0.1) is 0 Å². The van der Waals surface area contributed by atoms with Crippen LogP contribution in [0.25, 0.3) is 0 Å². The fourth-order valence-corrected chi connectivity index (χ4v) is 2.70. The Morgan fingerprint density at radius 3 is 2.15 bits per heavy atom. The molecule has 27 heavy (non-hydrogen) atoms. The quantitative estimate of drug-likeness (QED) is 0.776. The van der Waals surface area contributed by atoms with Gasteiger partial charge in [0, 0.05) is 32.1 Å². The first kappa shape index (κ1) is 20.3. The second kappa shape index (κ2) is 9.62. The molecule has 144 valence electrons. The van der Waals surface area contributed by atoms with Crippen molar-refractivity contribution in [2.45, 2.75) is 26.9 Å². The highest BCUT2D eigenvalue weighted by Crippen LogP contribution is 2.28. The summed E-state index contributed by atoms with van der Waals surface area (Å²) in [6.45, 7) is 4.94. The maximum atomic E-state index is 12.8. The van der Waals surface area contributed by atoms with Crippen LogP contribution in [0.5, 0.6) is 11.5 Å². The molecule has 0 aliphatic rings. The maximum Gasteiger partial charge on any atom is 0.254 e. The number of carbonyl (C=O) groups excluding carboxylic acids is 2. The number of hydrogen-bond acceptors (Lipinski definition) is 4. The zero-order chi connectivity index (χ0) is 19.8. The van der Waals surface area contributed by atoms with Gasteiger partial charge in [-0.2, -0.15) is 0 Å². The third-order valence-electron chi connectivity index (χ3n) is 4.23. The Hall–Kier alpha value is -3.02. The lowest BCUT2D eigenvalue weighted by molar-refractivity contribution is -0.119. The van der Waals surface area contributed by atoms with Gasteiger partial charge >= 0.3 is 0 Å². The standard InChI is InChI=1S/C21H26N2O4/c1-5-23(14-17-8-11-19(26-3)20(12-17)27-4)21(25)18-9-6-16(7-10-18)13-22-15(2)24/h6-12H,5,13-14H2,1-4H3,(H,22,24). The maximum absolute atomic E-state index is 12.8. The van der Waals surface area contributed by atoms with Crippen LogP contribution in [0.3, 0.4) is 0 Å². The molecule has 0 atom stereocenters. The average molecular weight is 370 g/mol. The number of ether oxygens (including phenoxy) is 2. The minimum absolute atomic E-state index is 0.0432. The number of nitrogens with one attached hydrogen (secondary N) is 1. The van der Waals surface area contributed by atoms with Crippen LogP contribution in [0.2, 0.25) is 0 Å². The Morgan fingerprint density at radius 2 is 1.59 bits per heavy atom. The molecular formula is C21H26N2O4. The molecular weight excluding hydrogens is 344 g/mol. The SMILES string of the molecule is CCN(Cc1ccc(OC)c(OC)c1)C(=O)c1ccc(CNC(C)=O)cc1. The lowest BCUT2D eigenvalue weighted by atomic mass is 10.1. The molecule has 1 N–H and O–H groups in total. The van der Waals surface area contributed by atoms with Crippen LogP contribution in [0.4, 0.5) is 0 Å². The summed E-state index contributed by atoms with van der Waals surface area (Å²) in [6, 6.07) is 12.9. The minimum atomic E-state index is -0.0813. The fraction of sp³-hybridized carbons (Fsp3) is 0.333. The summed E-state index contributed by atoms with van der Waals surface area (Å²) in [5, 5.41) is 2.74. The zero-order valence-electron chi connectivity index (χ0n) is 16.2. The molecule has 6 nitrogen and oxygen atoms in total. The molecule has 2 aromatic rings. The minimum Gasteiger partial charge on any atom is -0.493 e. The van der Waals surface area contributed by atoms with Crippen molar-refractivity contribution in [3.8, 4) is 11.5 Å². The molecule has 0 aromatic heterocycles. The highest BCUT2D eigenvalue weighted by atomic mass is 16.5. The van der Waals surface area contributed by atoms with Gasteiger partial charge in [0.05, 0.1) is 14.2 Å². The predicted octanol–water partition coefficient (Wildman–Crippen LogP) is 3.00. The first-order valence-electron chi connectivity index (χ1n) is 8.82. The monoisotopic (exact) mass is 370 g/mol. The lowest BCUT2D eigenvalue weighted by Gasteiger charge is -2.22. The Balaban J connectivity index is 2.10. The van der Waals surface area contributed by atoms with E-state index in [0.29, 0.717) is 36.7 Å². The van der Waals surface area contributed by atoms with Crippen molar-refractivity contribution in [1.82, 2.24) is 10.2 Å². The van der Waals surface area contributed by atoms with Crippen LogP contribution in [0, 0.1) is 0 Å². The van der Waals surface area contributed by atoms with Gasteiger partial charge in [-0.25, -0.2) is 0 Å². The van der Waals surface area contributed by atoms with Crippen molar-refractivity contribution < 1.29 is 19.1 Å². The van der Waals surface area contributed by atoms with Crippen LogP contribution >= 0.6 is 0 Å².